The van der Waals surface area contributed by atoms with Crippen molar-refractivity contribution in [2.45, 2.75) is 39.5 Å². The molecule has 3 rings (SSSR count). The summed E-state index contributed by atoms with van der Waals surface area (Å²) in [6.07, 6.45) is 3.91. The van der Waals surface area contributed by atoms with E-state index in [1.54, 1.807) is 27.1 Å². The summed E-state index contributed by atoms with van der Waals surface area (Å²) in [6, 6.07) is 1.95. The zero-order valence-electron chi connectivity index (χ0n) is 13.8. The molecule has 1 aliphatic rings. The molecule has 0 aliphatic heterocycles. The van der Waals surface area contributed by atoms with Gasteiger partial charge in [0.25, 0.3) is 11.5 Å². The third-order valence-electron chi connectivity index (χ3n) is 4.38. The fraction of sp³-hybridized carbons (Fsp3) is 0.412. The van der Waals surface area contributed by atoms with Crippen molar-refractivity contribution >= 4 is 11.7 Å². The molecule has 1 fully saturated rings. The molecule has 2 aromatic rings. The molecule has 1 amide bonds. The molecule has 6 nitrogen and oxygen atoms in total. The topological polar surface area (TPSA) is 76.9 Å². The molecular formula is C17H20N4O2. The molecule has 0 saturated heterocycles. The number of nitrogens with one attached hydrogen (secondary N) is 1. The lowest BCUT2D eigenvalue weighted by molar-refractivity contribution is 0.102. The van der Waals surface area contributed by atoms with Crippen LogP contribution in [0.2, 0.25) is 0 Å². The predicted molar refractivity (Wildman–Crippen MR) is 87.9 cm³/mol. The van der Waals surface area contributed by atoms with E-state index in [0.717, 1.165) is 24.0 Å². The average molecular weight is 312 g/mol. The normalized spacial score (nSPS) is 13.9. The van der Waals surface area contributed by atoms with Gasteiger partial charge in [0.2, 0.25) is 0 Å². The summed E-state index contributed by atoms with van der Waals surface area (Å²) in [6.45, 7) is 5.54. The lowest BCUT2D eigenvalue weighted by atomic mass is 10.1. The highest BCUT2D eigenvalue weighted by molar-refractivity contribution is 6.05. The Morgan fingerprint density at radius 3 is 2.65 bits per heavy atom. The number of carbonyl (C=O) groups excluding carboxylic acids is 1. The number of amides is 1. The van der Waals surface area contributed by atoms with Gasteiger partial charge in [-0.2, -0.15) is 5.10 Å². The third kappa shape index (κ3) is 2.76. The molecule has 1 aliphatic carbocycles. The van der Waals surface area contributed by atoms with E-state index in [-0.39, 0.29) is 5.56 Å². The summed E-state index contributed by atoms with van der Waals surface area (Å²) in [7, 11) is 1.55. The molecule has 1 saturated carbocycles. The van der Waals surface area contributed by atoms with Gasteiger partial charge in [-0.05, 0) is 56.7 Å². The van der Waals surface area contributed by atoms with Crippen molar-refractivity contribution in [3.05, 3.63) is 50.6 Å². The van der Waals surface area contributed by atoms with Crippen LogP contribution in [0.25, 0.3) is 0 Å². The van der Waals surface area contributed by atoms with Crippen molar-refractivity contribution < 1.29 is 4.79 Å². The van der Waals surface area contributed by atoms with Gasteiger partial charge >= 0.3 is 0 Å². The van der Waals surface area contributed by atoms with Crippen LogP contribution in [0.3, 0.4) is 0 Å². The second-order valence-electron chi connectivity index (χ2n) is 6.13. The average Bonchev–Trinajstić information content (AvgIpc) is 3.30. The van der Waals surface area contributed by atoms with Crippen molar-refractivity contribution in [1.29, 1.82) is 0 Å². The maximum atomic E-state index is 12.7. The first-order valence-corrected chi connectivity index (χ1v) is 7.71. The molecular weight excluding hydrogens is 292 g/mol. The summed E-state index contributed by atoms with van der Waals surface area (Å²) in [5.41, 5.74) is 3.20. The van der Waals surface area contributed by atoms with E-state index in [1.807, 2.05) is 13.0 Å². The van der Waals surface area contributed by atoms with E-state index in [0.29, 0.717) is 23.0 Å². The standard InChI is InChI=1S/C17H20N4O2/c1-9-7-8-18-15(13(9)12-5-6-12)19-16(22)14-10(2)11(3)20-21(4)17(14)23/h7-8,12H,5-6H2,1-4H3,(H,18,19,22). The lowest BCUT2D eigenvalue weighted by Crippen LogP contribution is -2.32. The number of hydrogen-bond acceptors (Lipinski definition) is 4. The van der Waals surface area contributed by atoms with Gasteiger partial charge in [-0.1, -0.05) is 0 Å². The fourth-order valence-corrected chi connectivity index (χ4v) is 2.84. The fourth-order valence-electron chi connectivity index (χ4n) is 2.84. The highest BCUT2D eigenvalue weighted by Gasteiger charge is 2.29. The number of aromatic nitrogens is 3. The van der Waals surface area contributed by atoms with Gasteiger partial charge in [-0.25, -0.2) is 9.67 Å². The SMILES string of the molecule is Cc1ccnc(NC(=O)c2c(C)c(C)nn(C)c2=O)c1C1CC1. The Morgan fingerprint density at radius 2 is 2.00 bits per heavy atom. The number of carbonyl (C=O) groups is 1. The van der Waals surface area contributed by atoms with Gasteiger partial charge in [-0.3, -0.25) is 9.59 Å². The van der Waals surface area contributed by atoms with Gasteiger partial charge in [0.1, 0.15) is 11.4 Å². The molecule has 120 valence electrons. The van der Waals surface area contributed by atoms with Crippen LogP contribution in [0.5, 0.6) is 0 Å². The molecule has 0 spiro atoms. The molecule has 6 heteroatoms. The first-order valence-electron chi connectivity index (χ1n) is 7.71. The highest BCUT2D eigenvalue weighted by Crippen LogP contribution is 2.44. The van der Waals surface area contributed by atoms with E-state index in [4.69, 9.17) is 0 Å². The van der Waals surface area contributed by atoms with Gasteiger partial charge in [0.15, 0.2) is 0 Å². The minimum atomic E-state index is -0.423. The predicted octanol–water partition coefficient (Wildman–Crippen LogP) is 2.23. The first kappa shape index (κ1) is 15.4. The molecule has 0 atom stereocenters. The van der Waals surface area contributed by atoms with E-state index >= 15 is 0 Å². The van der Waals surface area contributed by atoms with Gasteiger partial charge in [0.05, 0.1) is 5.69 Å². The Kier molecular flexibility index (Phi) is 3.75. The molecule has 0 aromatic carbocycles. The maximum absolute atomic E-state index is 12.7. The zero-order chi connectivity index (χ0) is 16.7. The molecule has 2 aromatic heterocycles. The van der Waals surface area contributed by atoms with Crippen LogP contribution in [-0.2, 0) is 7.05 Å². The summed E-state index contributed by atoms with van der Waals surface area (Å²) in [5.74, 6) is 0.601. The quantitative estimate of drug-likeness (QED) is 0.943. The minimum Gasteiger partial charge on any atom is -0.306 e. The molecule has 0 unspecified atom stereocenters. The lowest BCUT2D eigenvalue weighted by Gasteiger charge is -2.13. The Morgan fingerprint density at radius 1 is 1.30 bits per heavy atom. The molecule has 0 radical (unpaired) electrons. The largest absolute Gasteiger partial charge is 0.306 e. The van der Waals surface area contributed by atoms with E-state index < -0.39 is 11.5 Å². The van der Waals surface area contributed by atoms with Crippen LogP contribution in [0.4, 0.5) is 5.82 Å². The summed E-state index contributed by atoms with van der Waals surface area (Å²) < 4.78 is 1.20. The third-order valence-corrected chi connectivity index (χ3v) is 4.38. The number of rotatable bonds is 3. The monoisotopic (exact) mass is 312 g/mol. The van der Waals surface area contributed by atoms with Crippen molar-refractivity contribution in [1.82, 2.24) is 14.8 Å². The Labute approximate surface area is 134 Å². The van der Waals surface area contributed by atoms with Gasteiger partial charge in [0, 0.05) is 18.8 Å². The summed E-state index contributed by atoms with van der Waals surface area (Å²) in [4.78, 5) is 29.3. The number of pyridine rings is 1. The van der Waals surface area contributed by atoms with Crippen molar-refractivity contribution in [3.8, 4) is 0 Å². The minimum absolute atomic E-state index is 0.130. The van der Waals surface area contributed by atoms with Crippen LogP contribution in [0.15, 0.2) is 17.1 Å². The van der Waals surface area contributed by atoms with Crippen LogP contribution in [0, 0.1) is 20.8 Å². The maximum Gasteiger partial charge on any atom is 0.279 e. The smallest absolute Gasteiger partial charge is 0.279 e. The van der Waals surface area contributed by atoms with Crippen molar-refractivity contribution in [2.75, 3.05) is 5.32 Å². The van der Waals surface area contributed by atoms with Crippen LogP contribution in [0.1, 0.15) is 51.5 Å². The van der Waals surface area contributed by atoms with E-state index in [9.17, 15) is 9.59 Å². The Balaban J connectivity index is 2.01. The highest BCUT2D eigenvalue weighted by atomic mass is 16.2. The van der Waals surface area contributed by atoms with Crippen LogP contribution >= 0.6 is 0 Å². The Hall–Kier alpha value is -2.50. The van der Waals surface area contributed by atoms with Crippen LogP contribution < -0.4 is 10.9 Å². The molecule has 23 heavy (non-hydrogen) atoms. The second-order valence-corrected chi connectivity index (χ2v) is 6.13. The van der Waals surface area contributed by atoms with Crippen molar-refractivity contribution in [3.63, 3.8) is 0 Å². The van der Waals surface area contributed by atoms with E-state index in [1.165, 1.54) is 4.68 Å². The van der Waals surface area contributed by atoms with Gasteiger partial charge < -0.3 is 5.32 Å². The molecule has 2 heterocycles. The number of hydrogen-bond donors (Lipinski definition) is 1. The first-order chi connectivity index (χ1) is 10.9. The van der Waals surface area contributed by atoms with Crippen LogP contribution in [-0.4, -0.2) is 20.7 Å². The number of nitrogens with zero attached hydrogens (tertiary/aromatic N) is 3. The van der Waals surface area contributed by atoms with Gasteiger partial charge in [-0.15, -0.1) is 0 Å². The molecule has 1 N–H and O–H groups in total. The number of aryl methyl sites for hydroxylation is 3. The second kappa shape index (κ2) is 5.61. The van der Waals surface area contributed by atoms with Crippen molar-refractivity contribution in [2.24, 2.45) is 7.05 Å². The van der Waals surface area contributed by atoms with E-state index in [2.05, 4.69) is 15.4 Å². The molecule has 0 bridgehead atoms. The Bertz CT molecular complexity index is 850. The number of anilines is 1. The summed E-state index contributed by atoms with van der Waals surface area (Å²) >= 11 is 0. The zero-order valence-corrected chi connectivity index (χ0v) is 13.8. The summed E-state index contributed by atoms with van der Waals surface area (Å²) in [5, 5.41) is 6.94.